The number of nitrogens with zero attached hydrogens (tertiary/aromatic N) is 1. The number of alkyl halides is 6. The molecule has 2 rings (SSSR count). The normalized spacial score (nSPS) is 12.5. The van der Waals surface area contributed by atoms with Gasteiger partial charge >= 0.3 is 11.6 Å². The summed E-state index contributed by atoms with van der Waals surface area (Å²) in [5.74, 6) is -2.57. The van der Waals surface area contributed by atoms with Crippen LogP contribution in [0.15, 0.2) is 28.8 Å². The summed E-state index contributed by atoms with van der Waals surface area (Å²) in [7, 11) is 0. The summed E-state index contributed by atoms with van der Waals surface area (Å²) >= 11 is 4.77. The van der Waals surface area contributed by atoms with Crippen LogP contribution >= 0.6 is 11.6 Å². The Morgan fingerprint density at radius 1 is 1.14 bits per heavy atom. The Bertz CT molecular complexity index is 704. The van der Waals surface area contributed by atoms with E-state index in [-0.39, 0.29) is 5.56 Å². The zero-order chi connectivity index (χ0) is 16.7. The Kier molecular flexibility index (Phi) is 3.86. The smallest absolute Gasteiger partial charge is 0.365 e. The Morgan fingerprint density at radius 3 is 2.09 bits per heavy atom. The summed E-state index contributed by atoms with van der Waals surface area (Å²) in [6.45, 7) is 0. The van der Waals surface area contributed by atoms with Gasteiger partial charge in [0.05, 0.1) is 5.56 Å². The fourth-order valence-corrected chi connectivity index (χ4v) is 1.86. The molecule has 0 saturated carbocycles. The van der Waals surface area contributed by atoms with Crippen LogP contribution < -0.4 is 5.73 Å². The van der Waals surface area contributed by atoms with Crippen LogP contribution in [0.25, 0.3) is 11.3 Å². The van der Waals surface area contributed by atoms with Gasteiger partial charge in [-0.1, -0.05) is 17.3 Å². The van der Waals surface area contributed by atoms with E-state index in [1.807, 2.05) is 0 Å². The summed E-state index contributed by atoms with van der Waals surface area (Å²) < 4.78 is 67.9. The van der Waals surface area contributed by atoms with E-state index in [2.05, 4.69) is 9.68 Å². The molecule has 1 amide bonds. The van der Waals surface area contributed by atoms with Crippen LogP contribution in [0.1, 0.15) is 21.7 Å². The van der Waals surface area contributed by atoms with Crippen molar-refractivity contribution >= 4 is 17.5 Å². The zero-order valence-corrected chi connectivity index (χ0v) is 11.2. The highest BCUT2D eigenvalue weighted by Gasteiger charge is 2.40. The van der Waals surface area contributed by atoms with Crippen molar-refractivity contribution in [1.29, 1.82) is 0 Å². The van der Waals surface area contributed by atoms with Crippen molar-refractivity contribution in [2.75, 3.05) is 0 Å². The van der Waals surface area contributed by atoms with E-state index in [4.69, 9.17) is 17.3 Å². The first-order valence-corrected chi connectivity index (χ1v) is 5.94. The number of amides is 1. The second kappa shape index (κ2) is 5.24. The van der Waals surface area contributed by atoms with Crippen molar-refractivity contribution in [3.05, 3.63) is 41.2 Å². The maximum atomic E-state index is 13.1. The number of carbonyl (C=O) groups excluding carboxylic acids is 1. The molecule has 0 unspecified atom stereocenters. The van der Waals surface area contributed by atoms with Crippen molar-refractivity contribution in [3.8, 4) is 11.3 Å². The summed E-state index contributed by atoms with van der Waals surface area (Å²) in [5, 5.41) is -0.796. The Morgan fingerprint density at radius 2 is 1.68 bits per heavy atom. The molecule has 0 aliphatic heterocycles. The van der Waals surface area contributed by atoms with Gasteiger partial charge in [0.25, 0.3) is 5.91 Å². The number of hydrogen-bond acceptors (Lipinski definition) is 3. The molecule has 0 fully saturated rings. The third-order valence-electron chi connectivity index (χ3n) is 2.68. The van der Waals surface area contributed by atoms with Gasteiger partial charge in [0.2, 0.25) is 5.76 Å². The predicted molar refractivity (Wildman–Crippen MR) is 65.2 cm³/mol. The maximum absolute atomic E-state index is 13.1. The number of primary amides is 1. The van der Waals surface area contributed by atoms with Gasteiger partial charge in [0, 0.05) is 5.56 Å². The van der Waals surface area contributed by atoms with Crippen molar-refractivity contribution < 1.29 is 31.3 Å². The average Bonchev–Trinajstić information content (AvgIpc) is 2.82. The first kappa shape index (κ1) is 16.2. The Hall–Kier alpha value is -2.16. The lowest BCUT2D eigenvalue weighted by Crippen LogP contribution is -2.17. The van der Waals surface area contributed by atoms with Gasteiger partial charge in [0.15, 0.2) is 0 Å². The molecule has 2 aromatic rings. The molecule has 1 aromatic heterocycles. The highest BCUT2D eigenvalue weighted by Crippen LogP contribution is 2.39. The molecule has 0 aliphatic carbocycles. The SMILES string of the molecule is NC(=O)c1c(-c2ccc(C(F)(F)F)cc2)noc1C(F)(F)Cl. The van der Waals surface area contributed by atoms with Crippen LogP contribution in [-0.2, 0) is 11.6 Å². The molecule has 0 bridgehead atoms. The van der Waals surface area contributed by atoms with Crippen LogP contribution in [0.2, 0.25) is 0 Å². The second-order valence-corrected chi connectivity index (χ2v) is 4.65. The second-order valence-electron chi connectivity index (χ2n) is 4.17. The largest absolute Gasteiger partial charge is 0.416 e. The number of rotatable bonds is 3. The van der Waals surface area contributed by atoms with Crippen LogP contribution in [0, 0.1) is 0 Å². The van der Waals surface area contributed by atoms with Gasteiger partial charge in [-0.05, 0) is 23.7 Å². The standard InChI is InChI=1S/C12H6ClF5N2O2/c13-11(14,15)9-7(10(19)21)8(20-22-9)5-1-3-6(4-2-5)12(16,17)18/h1-4H,(H2,19,21). The highest BCUT2D eigenvalue weighted by molar-refractivity contribution is 6.22. The molecule has 0 spiro atoms. The number of benzene rings is 1. The molecule has 1 aromatic carbocycles. The Balaban J connectivity index is 2.54. The fraction of sp³-hybridized carbons (Fsp3) is 0.167. The lowest BCUT2D eigenvalue weighted by Gasteiger charge is -2.07. The number of hydrogen-bond donors (Lipinski definition) is 1. The molecule has 1 heterocycles. The van der Waals surface area contributed by atoms with Crippen LogP contribution in [0.3, 0.4) is 0 Å². The predicted octanol–water partition coefficient (Wildman–Crippen LogP) is 3.75. The molecule has 2 N–H and O–H groups in total. The van der Waals surface area contributed by atoms with E-state index >= 15 is 0 Å². The number of aromatic nitrogens is 1. The van der Waals surface area contributed by atoms with Crippen molar-refractivity contribution in [3.63, 3.8) is 0 Å². The maximum Gasteiger partial charge on any atom is 0.416 e. The minimum absolute atomic E-state index is 0.0577. The van der Waals surface area contributed by atoms with Gasteiger partial charge < -0.3 is 10.3 Å². The molecule has 118 valence electrons. The van der Waals surface area contributed by atoms with E-state index < -0.39 is 40.0 Å². The lowest BCUT2D eigenvalue weighted by molar-refractivity contribution is -0.137. The van der Waals surface area contributed by atoms with E-state index in [0.717, 1.165) is 12.1 Å². The van der Waals surface area contributed by atoms with Gasteiger partial charge in [-0.25, -0.2) is 0 Å². The summed E-state index contributed by atoms with van der Waals surface area (Å²) in [5.41, 5.74) is 2.76. The summed E-state index contributed by atoms with van der Waals surface area (Å²) in [6.07, 6.45) is -4.57. The van der Waals surface area contributed by atoms with Crippen LogP contribution in [0.4, 0.5) is 22.0 Å². The van der Waals surface area contributed by atoms with E-state index in [0.29, 0.717) is 12.1 Å². The minimum atomic E-state index is -4.57. The highest BCUT2D eigenvalue weighted by atomic mass is 35.5. The number of halogens is 6. The first-order valence-electron chi connectivity index (χ1n) is 5.56. The van der Waals surface area contributed by atoms with E-state index in [1.165, 1.54) is 0 Å². The molecular weight excluding hydrogens is 335 g/mol. The van der Waals surface area contributed by atoms with E-state index in [9.17, 15) is 26.7 Å². The van der Waals surface area contributed by atoms with Crippen molar-refractivity contribution in [2.24, 2.45) is 5.73 Å². The molecule has 0 atom stereocenters. The molecule has 0 saturated heterocycles. The third-order valence-corrected chi connectivity index (χ3v) is 2.85. The first-order chi connectivity index (χ1) is 10.0. The van der Waals surface area contributed by atoms with Crippen molar-refractivity contribution in [1.82, 2.24) is 5.16 Å². The van der Waals surface area contributed by atoms with Gasteiger partial charge in [0.1, 0.15) is 11.3 Å². The average molecular weight is 341 g/mol. The minimum Gasteiger partial charge on any atom is -0.365 e. The monoisotopic (exact) mass is 340 g/mol. The van der Waals surface area contributed by atoms with Gasteiger partial charge in [-0.2, -0.15) is 22.0 Å². The number of carbonyl (C=O) groups is 1. The van der Waals surface area contributed by atoms with E-state index in [1.54, 1.807) is 0 Å². The summed E-state index contributed by atoms with van der Waals surface area (Å²) in [6, 6.07) is 3.30. The fourth-order valence-electron chi connectivity index (χ4n) is 1.73. The topological polar surface area (TPSA) is 69.1 Å². The van der Waals surface area contributed by atoms with Crippen LogP contribution in [0.5, 0.6) is 0 Å². The quantitative estimate of drug-likeness (QED) is 0.683. The molecular formula is C12H6ClF5N2O2. The van der Waals surface area contributed by atoms with Crippen LogP contribution in [-0.4, -0.2) is 11.1 Å². The molecule has 22 heavy (non-hydrogen) atoms. The summed E-state index contributed by atoms with van der Waals surface area (Å²) in [4.78, 5) is 11.3. The van der Waals surface area contributed by atoms with Gasteiger partial charge in [-0.15, -0.1) is 0 Å². The van der Waals surface area contributed by atoms with Crippen molar-refractivity contribution in [2.45, 2.75) is 11.6 Å². The molecule has 0 aliphatic rings. The van der Waals surface area contributed by atoms with Gasteiger partial charge in [-0.3, -0.25) is 4.79 Å². The zero-order valence-electron chi connectivity index (χ0n) is 10.4. The molecule has 0 radical (unpaired) electrons. The number of nitrogens with two attached hydrogens (primary N) is 1. The lowest BCUT2D eigenvalue weighted by atomic mass is 10.0. The molecule has 4 nitrogen and oxygen atoms in total. The third kappa shape index (κ3) is 3.03. The Labute approximate surface area is 124 Å². The molecule has 10 heteroatoms.